The molecule has 1 heterocycles. The molecule has 31 heavy (non-hydrogen) atoms. The van der Waals surface area contributed by atoms with Crippen LogP contribution in [-0.2, 0) is 24.2 Å². The molecule has 4 nitrogen and oxygen atoms in total. The Labute approximate surface area is 184 Å². The molecule has 0 atom stereocenters. The monoisotopic (exact) mass is 411 g/mol. The fourth-order valence-corrected chi connectivity index (χ4v) is 4.11. The van der Waals surface area contributed by atoms with E-state index < -0.39 is 0 Å². The number of nitrogens with zero attached hydrogens (tertiary/aromatic N) is 2. The fraction of sp³-hybridized carbons (Fsp3) is 0.296. The largest absolute Gasteiger partial charge is 0.417 e. The number of nitrogens with one attached hydrogen (secondary N) is 1. The van der Waals surface area contributed by atoms with Crippen molar-refractivity contribution in [2.45, 2.75) is 32.2 Å². The first-order chi connectivity index (χ1) is 15.3. The smallest absolute Gasteiger partial charge is 0.107 e. The zero-order valence-corrected chi connectivity index (χ0v) is 17.9. The molecule has 0 fully saturated rings. The molecule has 4 heteroatoms. The highest BCUT2D eigenvalue weighted by atomic mass is 16.6. The molecule has 0 unspecified atom stereocenters. The Bertz CT molecular complexity index is 1080. The summed E-state index contributed by atoms with van der Waals surface area (Å²) in [5.74, 6) is 0. The van der Waals surface area contributed by atoms with Gasteiger partial charge < -0.3 is 4.84 Å². The maximum atomic E-state index is 9.09. The van der Waals surface area contributed by atoms with Gasteiger partial charge in [0.1, 0.15) is 6.26 Å². The summed E-state index contributed by atoms with van der Waals surface area (Å²) in [6.45, 7) is 3.96. The van der Waals surface area contributed by atoms with E-state index in [-0.39, 0.29) is 0 Å². The van der Waals surface area contributed by atoms with Crippen molar-refractivity contribution in [2.75, 3.05) is 19.6 Å². The van der Waals surface area contributed by atoms with Crippen LogP contribution in [0.15, 0.2) is 73.0 Å². The highest BCUT2D eigenvalue weighted by Crippen LogP contribution is 2.20. The van der Waals surface area contributed by atoms with Crippen molar-refractivity contribution >= 4 is 10.8 Å². The number of nitriles is 1. The van der Waals surface area contributed by atoms with Gasteiger partial charge in [-0.2, -0.15) is 10.7 Å². The molecule has 158 valence electrons. The van der Waals surface area contributed by atoms with E-state index in [2.05, 4.69) is 65.0 Å². The lowest BCUT2D eigenvalue weighted by Gasteiger charge is -2.28. The van der Waals surface area contributed by atoms with Crippen molar-refractivity contribution in [3.63, 3.8) is 0 Å². The Hall–Kier alpha value is -3.13. The number of hydroxylamine groups is 1. The Morgan fingerprint density at radius 2 is 1.90 bits per heavy atom. The van der Waals surface area contributed by atoms with E-state index in [4.69, 9.17) is 10.1 Å². The molecule has 0 radical (unpaired) electrons. The number of hydrogen-bond donors (Lipinski definition) is 1. The second-order valence-corrected chi connectivity index (χ2v) is 8.10. The van der Waals surface area contributed by atoms with Crippen LogP contribution in [0.3, 0.4) is 0 Å². The molecule has 0 aliphatic carbocycles. The first-order valence-corrected chi connectivity index (χ1v) is 11.1. The second-order valence-electron chi connectivity index (χ2n) is 8.10. The maximum absolute atomic E-state index is 9.09. The van der Waals surface area contributed by atoms with Gasteiger partial charge in [-0.1, -0.05) is 48.5 Å². The number of allylic oxidation sites excluding steroid dienone is 1. The number of fused-ring (bicyclic) bond motifs is 2. The third-order valence-electron chi connectivity index (χ3n) is 5.84. The predicted octanol–water partition coefficient (Wildman–Crippen LogP) is 5.13. The van der Waals surface area contributed by atoms with Gasteiger partial charge in [-0.15, -0.1) is 0 Å². The maximum Gasteiger partial charge on any atom is 0.107 e. The van der Waals surface area contributed by atoms with E-state index in [1.54, 1.807) is 6.26 Å². The first-order valence-electron chi connectivity index (χ1n) is 11.1. The van der Waals surface area contributed by atoms with Crippen LogP contribution in [-0.4, -0.2) is 24.5 Å². The fourth-order valence-electron chi connectivity index (χ4n) is 4.11. The third kappa shape index (κ3) is 5.95. The van der Waals surface area contributed by atoms with Crippen molar-refractivity contribution in [3.05, 3.63) is 95.3 Å². The summed E-state index contributed by atoms with van der Waals surface area (Å²) in [6.07, 6.45) is 7.91. The zero-order valence-electron chi connectivity index (χ0n) is 17.9. The van der Waals surface area contributed by atoms with Crippen LogP contribution in [0.2, 0.25) is 0 Å². The van der Waals surface area contributed by atoms with Gasteiger partial charge in [0, 0.05) is 19.6 Å². The van der Waals surface area contributed by atoms with Gasteiger partial charge in [-0.3, -0.25) is 4.90 Å². The van der Waals surface area contributed by atoms with Crippen LogP contribution in [0.25, 0.3) is 10.8 Å². The van der Waals surface area contributed by atoms with E-state index in [1.807, 2.05) is 18.2 Å². The number of rotatable bonds is 9. The minimum absolute atomic E-state index is 0.760. The van der Waals surface area contributed by atoms with E-state index in [0.29, 0.717) is 0 Å². The molecule has 0 amide bonds. The van der Waals surface area contributed by atoms with Crippen molar-refractivity contribution in [1.82, 2.24) is 10.4 Å². The highest BCUT2D eigenvalue weighted by Gasteiger charge is 2.15. The van der Waals surface area contributed by atoms with Crippen molar-refractivity contribution in [3.8, 4) is 6.07 Å². The summed E-state index contributed by atoms with van der Waals surface area (Å²) in [7, 11) is 0. The molecule has 0 spiro atoms. The van der Waals surface area contributed by atoms with E-state index in [9.17, 15) is 0 Å². The van der Waals surface area contributed by atoms with Gasteiger partial charge in [0.2, 0.25) is 0 Å². The summed E-state index contributed by atoms with van der Waals surface area (Å²) in [5, 5.41) is 11.6. The van der Waals surface area contributed by atoms with Gasteiger partial charge in [-0.05, 0) is 77.9 Å². The lowest BCUT2D eigenvalue weighted by atomic mass is 9.97. The summed E-state index contributed by atoms with van der Waals surface area (Å²) in [6, 6.07) is 23.3. The molecule has 3 aromatic carbocycles. The van der Waals surface area contributed by atoms with Gasteiger partial charge in [0.25, 0.3) is 0 Å². The standard InChI is InChI=1S/C27H29N3O/c28-20-23-10-12-25-13-16-30(21-27(25)19-23)15-4-3-14-29-31-17-5-6-22-9-11-24-7-1-2-8-26(24)18-22/h1-2,5,7-12,17-19,29H,3-4,6,13-16,21H2. The minimum atomic E-state index is 0.760. The van der Waals surface area contributed by atoms with E-state index in [1.165, 1.54) is 27.5 Å². The van der Waals surface area contributed by atoms with Crippen LogP contribution in [0, 0.1) is 11.3 Å². The van der Waals surface area contributed by atoms with Gasteiger partial charge in [0.15, 0.2) is 0 Å². The zero-order chi connectivity index (χ0) is 21.3. The summed E-state index contributed by atoms with van der Waals surface area (Å²) < 4.78 is 0. The van der Waals surface area contributed by atoms with Crippen LogP contribution < -0.4 is 5.48 Å². The number of hydrogen-bond acceptors (Lipinski definition) is 4. The van der Waals surface area contributed by atoms with Crippen molar-refractivity contribution in [2.24, 2.45) is 0 Å². The van der Waals surface area contributed by atoms with Gasteiger partial charge in [0.05, 0.1) is 11.6 Å². The Kier molecular flexibility index (Phi) is 7.33. The predicted molar refractivity (Wildman–Crippen MR) is 125 cm³/mol. The molecular formula is C27H29N3O. The average molecular weight is 412 g/mol. The topological polar surface area (TPSA) is 48.3 Å². The Morgan fingerprint density at radius 3 is 2.81 bits per heavy atom. The van der Waals surface area contributed by atoms with Crippen LogP contribution in [0.4, 0.5) is 0 Å². The van der Waals surface area contributed by atoms with Crippen LogP contribution >= 0.6 is 0 Å². The molecule has 3 aromatic rings. The van der Waals surface area contributed by atoms with E-state index >= 15 is 0 Å². The quantitative estimate of drug-likeness (QED) is 0.301. The summed E-state index contributed by atoms with van der Waals surface area (Å²) in [4.78, 5) is 7.91. The Morgan fingerprint density at radius 1 is 1.00 bits per heavy atom. The van der Waals surface area contributed by atoms with Crippen molar-refractivity contribution in [1.29, 1.82) is 5.26 Å². The normalized spacial score (nSPS) is 13.9. The van der Waals surface area contributed by atoms with Crippen LogP contribution in [0.1, 0.15) is 35.1 Å². The van der Waals surface area contributed by atoms with Gasteiger partial charge >= 0.3 is 0 Å². The minimum Gasteiger partial charge on any atom is -0.417 e. The van der Waals surface area contributed by atoms with E-state index in [0.717, 1.165) is 57.4 Å². The first kappa shape index (κ1) is 21.1. The number of unbranched alkanes of at least 4 members (excludes halogenated alkanes) is 1. The SMILES string of the molecule is N#Cc1ccc2c(c1)CN(CCCCNOC=CCc1ccc3ccccc3c1)CC2. The highest BCUT2D eigenvalue weighted by molar-refractivity contribution is 5.83. The van der Waals surface area contributed by atoms with Gasteiger partial charge in [-0.25, -0.2) is 0 Å². The Balaban J connectivity index is 1.09. The lowest BCUT2D eigenvalue weighted by molar-refractivity contribution is 0.131. The summed E-state index contributed by atoms with van der Waals surface area (Å²) >= 11 is 0. The molecule has 1 N–H and O–H groups in total. The molecule has 0 saturated carbocycles. The second kappa shape index (κ2) is 10.8. The third-order valence-corrected chi connectivity index (χ3v) is 5.84. The summed E-state index contributed by atoms with van der Waals surface area (Å²) in [5.41, 5.74) is 7.77. The lowest BCUT2D eigenvalue weighted by Crippen LogP contribution is -2.31. The average Bonchev–Trinajstić information content (AvgIpc) is 2.82. The molecule has 4 rings (SSSR count). The molecular weight excluding hydrogens is 382 g/mol. The molecule has 0 bridgehead atoms. The molecule has 0 saturated heterocycles. The molecule has 0 aromatic heterocycles. The van der Waals surface area contributed by atoms with Crippen LogP contribution in [0.5, 0.6) is 0 Å². The molecule has 1 aliphatic heterocycles. The molecule has 1 aliphatic rings. The van der Waals surface area contributed by atoms with Crippen molar-refractivity contribution < 1.29 is 4.84 Å². The number of benzene rings is 3.